The first-order chi connectivity index (χ1) is 9.12. The second-order valence-electron chi connectivity index (χ2n) is 3.74. The first-order valence-electron chi connectivity index (χ1n) is 5.80. The Kier molecular flexibility index (Phi) is 6.74. The molecule has 0 N–H and O–H groups in total. The van der Waals surface area contributed by atoms with Gasteiger partial charge in [-0.3, -0.25) is 4.79 Å². The topological polar surface area (TPSA) is 82.4 Å². The van der Waals surface area contributed by atoms with Gasteiger partial charge in [0.25, 0.3) is 0 Å². The van der Waals surface area contributed by atoms with Crippen molar-refractivity contribution in [2.45, 2.75) is 24.9 Å². The number of rotatable bonds is 8. The van der Waals surface area contributed by atoms with Gasteiger partial charge in [-0.05, 0) is 17.4 Å². The molecule has 0 spiro atoms. The van der Waals surface area contributed by atoms with E-state index in [2.05, 4.69) is 15.5 Å². The van der Waals surface area contributed by atoms with Gasteiger partial charge in [0.05, 0.1) is 12.3 Å². The fraction of sp³-hybridized carbons (Fsp3) is 0.800. The molecule has 1 aromatic heterocycles. The fourth-order valence-electron chi connectivity index (χ4n) is 1.21. The first kappa shape index (κ1) is 15.9. The van der Waals surface area contributed by atoms with E-state index in [0.717, 1.165) is 0 Å². The Bertz CT molecular complexity index is 396. The van der Waals surface area contributed by atoms with E-state index in [-0.39, 0.29) is 5.91 Å². The van der Waals surface area contributed by atoms with Gasteiger partial charge < -0.3 is 14.4 Å². The molecule has 0 bridgehead atoms. The lowest BCUT2D eigenvalue weighted by molar-refractivity contribution is -0.126. The monoisotopic (exact) mass is 289 g/mol. The number of amides is 1. The third kappa shape index (κ3) is 4.77. The average molecular weight is 289 g/mol. The molecule has 1 heterocycles. The maximum Gasteiger partial charge on any atom is 0.232 e. The van der Waals surface area contributed by atoms with Crippen LogP contribution in [0.2, 0.25) is 0 Å². The largest absolute Gasteiger partial charge is 0.354 e. The summed E-state index contributed by atoms with van der Waals surface area (Å²) in [5.74, 6) is 0.340. The van der Waals surface area contributed by atoms with E-state index >= 15 is 0 Å². The molecule has 1 aromatic rings. The maximum absolute atomic E-state index is 11.7. The van der Waals surface area contributed by atoms with Crippen molar-refractivity contribution >= 4 is 17.7 Å². The molecule has 9 heteroatoms. The van der Waals surface area contributed by atoms with Crippen LogP contribution in [0.1, 0.15) is 6.92 Å². The van der Waals surface area contributed by atoms with Crippen LogP contribution in [-0.2, 0) is 20.8 Å². The lowest BCUT2D eigenvalue weighted by atomic mass is 10.5. The van der Waals surface area contributed by atoms with E-state index < -0.39 is 6.29 Å². The highest BCUT2D eigenvalue weighted by Gasteiger charge is 2.15. The second-order valence-corrected chi connectivity index (χ2v) is 4.68. The van der Waals surface area contributed by atoms with Crippen molar-refractivity contribution in [2.24, 2.45) is 0 Å². The van der Waals surface area contributed by atoms with Crippen LogP contribution in [0.5, 0.6) is 0 Å². The number of carbonyl (C=O) groups is 1. The molecule has 0 aliphatic carbocycles. The number of thioether (sulfide) groups is 1. The van der Waals surface area contributed by atoms with Crippen molar-refractivity contribution < 1.29 is 14.3 Å². The van der Waals surface area contributed by atoms with Crippen molar-refractivity contribution in [1.29, 1.82) is 0 Å². The molecule has 0 radical (unpaired) electrons. The molecule has 1 rings (SSSR count). The minimum Gasteiger partial charge on any atom is -0.354 e. The van der Waals surface area contributed by atoms with Crippen LogP contribution < -0.4 is 0 Å². The Morgan fingerprint density at radius 1 is 1.47 bits per heavy atom. The highest BCUT2D eigenvalue weighted by molar-refractivity contribution is 7.99. The molecular weight excluding hydrogens is 270 g/mol. The minimum atomic E-state index is -0.420. The van der Waals surface area contributed by atoms with Crippen molar-refractivity contribution in [3.05, 3.63) is 0 Å². The third-order valence-corrected chi connectivity index (χ3v) is 3.51. The Morgan fingerprint density at radius 2 is 2.16 bits per heavy atom. The smallest absolute Gasteiger partial charge is 0.232 e. The Balaban J connectivity index is 2.55. The van der Waals surface area contributed by atoms with Crippen LogP contribution in [0.3, 0.4) is 0 Å². The number of tetrazole rings is 1. The van der Waals surface area contributed by atoms with Gasteiger partial charge in [-0.25, -0.2) is 4.68 Å². The number of hydrogen-bond acceptors (Lipinski definition) is 7. The number of hydrogen-bond donors (Lipinski definition) is 0. The molecule has 0 saturated heterocycles. The van der Waals surface area contributed by atoms with Gasteiger partial charge in [0.1, 0.15) is 0 Å². The predicted molar refractivity (Wildman–Crippen MR) is 69.7 cm³/mol. The zero-order valence-electron chi connectivity index (χ0n) is 11.6. The normalized spacial score (nSPS) is 11.0. The number of methoxy groups -OCH3 is 2. The van der Waals surface area contributed by atoms with E-state index in [1.54, 1.807) is 30.8 Å². The molecule has 0 aliphatic heterocycles. The second kappa shape index (κ2) is 8.08. The molecule has 8 nitrogen and oxygen atoms in total. The van der Waals surface area contributed by atoms with Crippen LogP contribution in [0, 0.1) is 0 Å². The average Bonchev–Trinajstić information content (AvgIpc) is 2.88. The summed E-state index contributed by atoms with van der Waals surface area (Å²) in [6, 6.07) is 0. The quantitative estimate of drug-likeness (QED) is 0.486. The van der Waals surface area contributed by atoms with E-state index in [4.69, 9.17) is 9.47 Å². The van der Waals surface area contributed by atoms with Gasteiger partial charge in [0, 0.05) is 27.8 Å². The molecule has 0 unspecified atom stereocenters. The molecule has 0 fully saturated rings. The Hall–Kier alpha value is -1.19. The van der Waals surface area contributed by atoms with Crippen LogP contribution in [0.15, 0.2) is 5.16 Å². The predicted octanol–water partition coefficient (Wildman–Crippen LogP) is -0.138. The van der Waals surface area contributed by atoms with E-state index in [1.807, 2.05) is 6.92 Å². The summed E-state index contributed by atoms with van der Waals surface area (Å²) in [6.07, 6.45) is -0.420. The van der Waals surface area contributed by atoms with Crippen LogP contribution in [0.25, 0.3) is 0 Å². The number of aromatic nitrogens is 4. The summed E-state index contributed by atoms with van der Waals surface area (Å²) in [4.78, 5) is 13.3. The van der Waals surface area contributed by atoms with E-state index in [1.165, 1.54) is 11.8 Å². The SMILES string of the molecule is CCN(C)C(=O)CSc1nnnn1CC(OC)OC. The first-order valence-corrected chi connectivity index (χ1v) is 6.79. The highest BCUT2D eigenvalue weighted by atomic mass is 32.2. The number of ether oxygens (including phenoxy) is 2. The summed E-state index contributed by atoms with van der Waals surface area (Å²) in [7, 11) is 4.86. The fourth-order valence-corrected chi connectivity index (χ4v) is 2.04. The van der Waals surface area contributed by atoms with E-state index in [9.17, 15) is 4.79 Å². The summed E-state index contributed by atoms with van der Waals surface area (Å²) < 4.78 is 11.7. The van der Waals surface area contributed by atoms with Gasteiger partial charge in [-0.2, -0.15) is 0 Å². The summed E-state index contributed by atoms with van der Waals surface area (Å²) in [5, 5.41) is 11.9. The molecule has 0 saturated carbocycles. The molecule has 0 atom stereocenters. The Morgan fingerprint density at radius 3 is 2.74 bits per heavy atom. The lowest BCUT2D eigenvalue weighted by Gasteiger charge is -2.15. The maximum atomic E-state index is 11.7. The number of carbonyl (C=O) groups excluding carboxylic acids is 1. The summed E-state index contributed by atoms with van der Waals surface area (Å²) >= 11 is 1.29. The van der Waals surface area contributed by atoms with Gasteiger partial charge in [0.2, 0.25) is 11.1 Å². The molecule has 1 amide bonds. The highest BCUT2D eigenvalue weighted by Crippen LogP contribution is 2.14. The molecule has 19 heavy (non-hydrogen) atoms. The summed E-state index contributed by atoms with van der Waals surface area (Å²) in [6.45, 7) is 2.98. The molecule has 108 valence electrons. The number of nitrogens with zero attached hydrogens (tertiary/aromatic N) is 5. The van der Waals surface area contributed by atoms with Crippen LogP contribution in [-0.4, -0.2) is 70.9 Å². The van der Waals surface area contributed by atoms with E-state index in [0.29, 0.717) is 24.0 Å². The Labute approximate surface area is 116 Å². The molecule has 0 aromatic carbocycles. The van der Waals surface area contributed by atoms with Gasteiger partial charge in [-0.15, -0.1) is 5.10 Å². The van der Waals surface area contributed by atoms with Crippen LogP contribution in [0.4, 0.5) is 0 Å². The van der Waals surface area contributed by atoms with Crippen molar-refractivity contribution in [3.63, 3.8) is 0 Å². The van der Waals surface area contributed by atoms with Crippen molar-refractivity contribution in [1.82, 2.24) is 25.1 Å². The van der Waals surface area contributed by atoms with Gasteiger partial charge in [-0.1, -0.05) is 11.8 Å². The van der Waals surface area contributed by atoms with Gasteiger partial charge >= 0.3 is 0 Å². The van der Waals surface area contributed by atoms with Crippen LogP contribution >= 0.6 is 11.8 Å². The van der Waals surface area contributed by atoms with Crippen molar-refractivity contribution in [2.75, 3.05) is 33.6 Å². The zero-order valence-corrected chi connectivity index (χ0v) is 12.4. The summed E-state index contributed by atoms with van der Waals surface area (Å²) in [5.41, 5.74) is 0. The minimum absolute atomic E-state index is 0.0390. The van der Waals surface area contributed by atoms with Gasteiger partial charge in [0.15, 0.2) is 6.29 Å². The van der Waals surface area contributed by atoms with Crippen molar-refractivity contribution in [3.8, 4) is 0 Å². The standard InChI is InChI=1S/C10H19N5O3S/c1-5-14(2)8(16)7-19-10-11-12-13-15(10)6-9(17-3)18-4/h9H,5-7H2,1-4H3. The third-order valence-electron chi connectivity index (χ3n) is 2.57. The molecule has 0 aliphatic rings. The lowest BCUT2D eigenvalue weighted by Crippen LogP contribution is -2.28. The zero-order chi connectivity index (χ0) is 14.3. The molecular formula is C10H19N5O3S.